The maximum Gasteiger partial charge on any atom is 0.277 e. The molecule has 0 radical (unpaired) electrons. The number of aromatic nitrogens is 3. The van der Waals surface area contributed by atoms with E-state index in [4.69, 9.17) is 0 Å². The van der Waals surface area contributed by atoms with Gasteiger partial charge < -0.3 is 5.32 Å². The van der Waals surface area contributed by atoms with Gasteiger partial charge in [0.25, 0.3) is 5.56 Å². The summed E-state index contributed by atoms with van der Waals surface area (Å²) >= 11 is 0. The molecule has 0 spiro atoms. The maximum absolute atomic E-state index is 12.3. The Morgan fingerprint density at radius 1 is 0.962 bits per heavy atom. The number of benzene rings is 2. The van der Waals surface area contributed by atoms with E-state index in [0.717, 1.165) is 0 Å². The molecule has 0 aliphatic heterocycles. The molecule has 0 aliphatic rings. The van der Waals surface area contributed by atoms with Gasteiger partial charge in [-0.3, -0.25) is 14.4 Å². The summed E-state index contributed by atoms with van der Waals surface area (Å²) in [5.41, 5.74) is 0.889. The molecule has 0 saturated heterocycles. The van der Waals surface area contributed by atoms with Crippen LogP contribution in [0.1, 0.15) is 23.2 Å². The molecule has 3 aromatic rings. The fourth-order valence-electron chi connectivity index (χ4n) is 2.55. The van der Waals surface area contributed by atoms with Gasteiger partial charge in [0.1, 0.15) is 5.52 Å². The van der Waals surface area contributed by atoms with E-state index in [0.29, 0.717) is 16.5 Å². The molecule has 26 heavy (non-hydrogen) atoms. The zero-order chi connectivity index (χ0) is 18.4. The van der Waals surface area contributed by atoms with Crippen LogP contribution in [0.15, 0.2) is 59.4 Å². The van der Waals surface area contributed by atoms with E-state index in [9.17, 15) is 14.4 Å². The quantitative estimate of drug-likeness (QED) is 0.653. The Labute approximate surface area is 149 Å². The first-order chi connectivity index (χ1) is 12.6. The second-order valence-corrected chi connectivity index (χ2v) is 5.77. The zero-order valence-corrected chi connectivity index (χ0v) is 14.1. The molecule has 0 atom stereocenters. The molecule has 1 amide bonds. The summed E-state index contributed by atoms with van der Waals surface area (Å²) < 4.78 is 1.22. The predicted molar refractivity (Wildman–Crippen MR) is 96.8 cm³/mol. The molecule has 0 aliphatic carbocycles. The van der Waals surface area contributed by atoms with Crippen molar-refractivity contribution in [3.8, 4) is 0 Å². The van der Waals surface area contributed by atoms with Crippen LogP contribution in [0.5, 0.6) is 0 Å². The van der Waals surface area contributed by atoms with Gasteiger partial charge in [0.15, 0.2) is 5.78 Å². The third-order valence-electron chi connectivity index (χ3n) is 3.95. The molecule has 0 fully saturated rings. The fraction of sp³-hybridized carbons (Fsp3) is 0.211. The van der Waals surface area contributed by atoms with E-state index < -0.39 is 0 Å². The number of amides is 1. The molecule has 2 aromatic carbocycles. The van der Waals surface area contributed by atoms with E-state index in [1.54, 1.807) is 48.5 Å². The van der Waals surface area contributed by atoms with Crippen LogP contribution >= 0.6 is 0 Å². The average molecular weight is 350 g/mol. The van der Waals surface area contributed by atoms with E-state index in [1.165, 1.54) is 4.68 Å². The highest BCUT2D eigenvalue weighted by Crippen LogP contribution is 2.05. The van der Waals surface area contributed by atoms with Crippen LogP contribution in [0, 0.1) is 0 Å². The summed E-state index contributed by atoms with van der Waals surface area (Å²) in [5, 5.41) is 11.0. The minimum atomic E-state index is -0.246. The number of hydrogen-bond acceptors (Lipinski definition) is 5. The van der Waals surface area contributed by atoms with Crippen LogP contribution in [-0.4, -0.2) is 33.2 Å². The molecule has 1 N–H and O–H groups in total. The highest BCUT2D eigenvalue weighted by atomic mass is 16.2. The lowest BCUT2D eigenvalue weighted by atomic mass is 10.1. The van der Waals surface area contributed by atoms with Gasteiger partial charge >= 0.3 is 0 Å². The summed E-state index contributed by atoms with van der Waals surface area (Å²) in [6, 6.07) is 15.8. The summed E-state index contributed by atoms with van der Waals surface area (Å²) in [4.78, 5) is 36.1. The van der Waals surface area contributed by atoms with Crippen molar-refractivity contribution in [2.24, 2.45) is 0 Å². The van der Waals surface area contributed by atoms with Crippen LogP contribution in [0.2, 0.25) is 0 Å². The van der Waals surface area contributed by atoms with Gasteiger partial charge in [0, 0.05) is 24.9 Å². The van der Waals surface area contributed by atoms with Crippen LogP contribution < -0.4 is 10.9 Å². The molecule has 1 aromatic heterocycles. The van der Waals surface area contributed by atoms with Crippen molar-refractivity contribution in [2.75, 3.05) is 6.54 Å². The molecule has 0 unspecified atom stereocenters. The molecular formula is C19H18N4O3. The Morgan fingerprint density at radius 3 is 2.50 bits per heavy atom. The Kier molecular flexibility index (Phi) is 5.48. The molecule has 132 valence electrons. The number of nitrogens with zero attached hydrogens (tertiary/aromatic N) is 3. The number of carbonyl (C=O) groups excluding carboxylic acids is 2. The van der Waals surface area contributed by atoms with Gasteiger partial charge in [-0.2, -0.15) is 0 Å². The molecule has 0 bridgehead atoms. The highest BCUT2D eigenvalue weighted by molar-refractivity contribution is 5.97. The summed E-state index contributed by atoms with van der Waals surface area (Å²) in [6.45, 7) is 0.459. The molecule has 7 heteroatoms. The topological polar surface area (TPSA) is 93.9 Å². The van der Waals surface area contributed by atoms with E-state index in [1.807, 2.05) is 6.07 Å². The minimum absolute atomic E-state index is 0.0719. The molecule has 3 rings (SSSR count). The molecule has 0 saturated carbocycles. The summed E-state index contributed by atoms with van der Waals surface area (Å²) in [5.74, 6) is -0.312. The molecule has 7 nitrogen and oxygen atoms in total. The first kappa shape index (κ1) is 17.5. The number of ketones is 1. The van der Waals surface area contributed by atoms with Crippen molar-refractivity contribution in [3.63, 3.8) is 0 Å². The number of rotatable bonds is 7. The van der Waals surface area contributed by atoms with Gasteiger partial charge in [-0.1, -0.05) is 47.7 Å². The maximum atomic E-state index is 12.3. The number of nitrogens with one attached hydrogen (secondary N) is 1. The van der Waals surface area contributed by atoms with Crippen LogP contribution in [-0.2, 0) is 11.3 Å². The average Bonchev–Trinajstić information content (AvgIpc) is 2.69. The van der Waals surface area contributed by atoms with E-state index in [2.05, 4.69) is 15.6 Å². The summed E-state index contributed by atoms with van der Waals surface area (Å²) in [7, 11) is 0. The number of fused-ring (bicyclic) bond motifs is 1. The number of carbonyl (C=O) groups is 2. The van der Waals surface area contributed by atoms with Crippen LogP contribution in [0.4, 0.5) is 0 Å². The van der Waals surface area contributed by atoms with Crippen molar-refractivity contribution >= 4 is 22.6 Å². The van der Waals surface area contributed by atoms with Crippen molar-refractivity contribution in [3.05, 3.63) is 70.5 Å². The number of hydrogen-bond donors (Lipinski definition) is 1. The van der Waals surface area contributed by atoms with Gasteiger partial charge in [-0.15, -0.1) is 5.10 Å². The standard InChI is InChI=1S/C19H18N4O3/c24-17(14-6-2-1-3-7-14)10-11-18(25)20-12-13-23-19(26)15-8-4-5-9-16(15)21-22-23/h1-9H,10-13H2,(H,20,25). The molecule has 1 heterocycles. The smallest absolute Gasteiger partial charge is 0.277 e. The van der Waals surface area contributed by atoms with Crippen molar-refractivity contribution in [1.29, 1.82) is 0 Å². The zero-order valence-electron chi connectivity index (χ0n) is 14.1. The first-order valence-electron chi connectivity index (χ1n) is 8.32. The Morgan fingerprint density at radius 2 is 1.69 bits per heavy atom. The van der Waals surface area contributed by atoms with Gasteiger partial charge in [-0.25, -0.2) is 4.68 Å². The van der Waals surface area contributed by atoms with Crippen molar-refractivity contribution in [1.82, 2.24) is 20.3 Å². The predicted octanol–water partition coefficient (Wildman–Crippen LogP) is 1.57. The molecular weight excluding hydrogens is 332 g/mol. The Bertz CT molecular complexity index is 983. The van der Waals surface area contributed by atoms with Gasteiger partial charge in [-0.05, 0) is 12.1 Å². The van der Waals surface area contributed by atoms with Gasteiger partial charge in [0.2, 0.25) is 5.91 Å². The Balaban J connectivity index is 1.49. The summed E-state index contributed by atoms with van der Waals surface area (Å²) in [6.07, 6.45) is 0.248. The largest absolute Gasteiger partial charge is 0.354 e. The fourth-order valence-corrected chi connectivity index (χ4v) is 2.55. The monoisotopic (exact) mass is 350 g/mol. The minimum Gasteiger partial charge on any atom is -0.354 e. The third-order valence-corrected chi connectivity index (χ3v) is 3.95. The van der Waals surface area contributed by atoms with Crippen molar-refractivity contribution in [2.45, 2.75) is 19.4 Å². The van der Waals surface area contributed by atoms with E-state index in [-0.39, 0.29) is 43.2 Å². The lowest BCUT2D eigenvalue weighted by Gasteiger charge is -2.07. The van der Waals surface area contributed by atoms with Crippen LogP contribution in [0.25, 0.3) is 10.9 Å². The SMILES string of the molecule is O=C(CCC(=O)c1ccccc1)NCCn1nnc2ccccc2c1=O. The van der Waals surface area contributed by atoms with E-state index >= 15 is 0 Å². The van der Waals surface area contributed by atoms with Crippen LogP contribution in [0.3, 0.4) is 0 Å². The van der Waals surface area contributed by atoms with Crippen molar-refractivity contribution < 1.29 is 9.59 Å². The second-order valence-electron chi connectivity index (χ2n) is 5.77. The van der Waals surface area contributed by atoms with Gasteiger partial charge in [0.05, 0.1) is 11.9 Å². The lowest BCUT2D eigenvalue weighted by molar-refractivity contribution is -0.121. The Hall–Kier alpha value is -3.35. The first-order valence-corrected chi connectivity index (χ1v) is 8.32. The lowest BCUT2D eigenvalue weighted by Crippen LogP contribution is -2.32. The number of Topliss-reactive ketones (excluding diaryl/α,β-unsaturated/α-hetero) is 1. The normalized spacial score (nSPS) is 10.6. The second kappa shape index (κ2) is 8.15. The highest BCUT2D eigenvalue weighted by Gasteiger charge is 2.09. The third kappa shape index (κ3) is 4.18.